The third kappa shape index (κ3) is 1.84. The van der Waals surface area contributed by atoms with E-state index in [1.165, 1.54) is 12.0 Å². The van der Waals surface area contributed by atoms with E-state index in [1.807, 2.05) is 0 Å². The molecule has 1 amide bonds. The van der Waals surface area contributed by atoms with Gasteiger partial charge in [-0.05, 0) is 30.7 Å². The zero-order chi connectivity index (χ0) is 11.0. The van der Waals surface area contributed by atoms with Crippen molar-refractivity contribution in [3.05, 3.63) is 35.9 Å². The molecular weight excluding hydrogens is 198 g/mol. The Kier molecular flexibility index (Phi) is 2.43. The summed E-state index contributed by atoms with van der Waals surface area (Å²) < 4.78 is 0. The van der Waals surface area contributed by atoms with Gasteiger partial charge in [-0.3, -0.25) is 4.79 Å². The minimum absolute atomic E-state index is 0.376. The van der Waals surface area contributed by atoms with Gasteiger partial charge < -0.3 is 4.90 Å². The molecule has 2 nitrogen and oxygen atoms in total. The van der Waals surface area contributed by atoms with Gasteiger partial charge in [0, 0.05) is 19.0 Å². The maximum atomic E-state index is 11.6. The lowest BCUT2D eigenvalue weighted by Gasteiger charge is -2.15. The van der Waals surface area contributed by atoms with Gasteiger partial charge >= 0.3 is 0 Å². The standard InChI is InChI=1S/C14H17NO/c16-14-7-4-8-15(14)13-10-12(13)9-11-5-2-1-3-6-11/h1-3,5-6,12-13H,4,7-10H2/t12-,13?/m1/s1. The van der Waals surface area contributed by atoms with Crippen molar-refractivity contribution in [3.8, 4) is 0 Å². The highest BCUT2D eigenvalue weighted by molar-refractivity contribution is 5.78. The number of hydrogen-bond donors (Lipinski definition) is 0. The zero-order valence-electron chi connectivity index (χ0n) is 9.43. The van der Waals surface area contributed by atoms with Gasteiger partial charge in [-0.25, -0.2) is 0 Å². The Morgan fingerprint density at radius 2 is 2.06 bits per heavy atom. The van der Waals surface area contributed by atoms with Crippen molar-refractivity contribution >= 4 is 5.91 Å². The van der Waals surface area contributed by atoms with Crippen LogP contribution in [0.25, 0.3) is 0 Å². The summed E-state index contributed by atoms with van der Waals surface area (Å²) >= 11 is 0. The van der Waals surface area contributed by atoms with E-state index in [0.29, 0.717) is 17.9 Å². The number of likely N-dealkylation sites (tertiary alicyclic amines) is 1. The van der Waals surface area contributed by atoms with Crippen molar-refractivity contribution in [2.45, 2.75) is 31.7 Å². The number of rotatable bonds is 3. The van der Waals surface area contributed by atoms with E-state index in [2.05, 4.69) is 35.2 Å². The minimum atomic E-state index is 0.376. The van der Waals surface area contributed by atoms with Gasteiger partial charge in [0.1, 0.15) is 0 Å². The summed E-state index contributed by atoms with van der Waals surface area (Å²) in [6, 6.07) is 11.2. The quantitative estimate of drug-likeness (QED) is 0.757. The first-order valence-electron chi connectivity index (χ1n) is 6.18. The first-order valence-corrected chi connectivity index (χ1v) is 6.18. The highest BCUT2D eigenvalue weighted by Gasteiger charge is 2.44. The summed E-state index contributed by atoms with van der Waals surface area (Å²) in [5.74, 6) is 1.09. The van der Waals surface area contributed by atoms with Crippen LogP contribution in [0.15, 0.2) is 30.3 Å². The minimum Gasteiger partial charge on any atom is -0.339 e. The molecule has 0 spiro atoms. The lowest BCUT2D eigenvalue weighted by molar-refractivity contribution is -0.128. The van der Waals surface area contributed by atoms with Crippen molar-refractivity contribution in [2.24, 2.45) is 5.92 Å². The molecule has 3 rings (SSSR count). The van der Waals surface area contributed by atoms with Crippen molar-refractivity contribution in [1.29, 1.82) is 0 Å². The molecule has 1 aromatic carbocycles. The first-order chi connectivity index (χ1) is 7.84. The Bertz CT molecular complexity index is 387. The predicted octanol–water partition coefficient (Wildman–Crippen LogP) is 2.24. The highest BCUT2D eigenvalue weighted by atomic mass is 16.2. The summed E-state index contributed by atoms with van der Waals surface area (Å²) in [5, 5.41) is 0. The molecule has 1 aliphatic heterocycles. The molecule has 2 heteroatoms. The van der Waals surface area contributed by atoms with Crippen molar-refractivity contribution in [3.63, 3.8) is 0 Å². The Morgan fingerprint density at radius 3 is 2.75 bits per heavy atom. The van der Waals surface area contributed by atoms with Crippen LogP contribution in [0.3, 0.4) is 0 Å². The zero-order valence-corrected chi connectivity index (χ0v) is 9.43. The Labute approximate surface area is 96.3 Å². The predicted molar refractivity (Wildman–Crippen MR) is 63.0 cm³/mol. The van der Waals surface area contributed by atoms with Crippen LogP contribution in [-0.4, -0.2) is 23.4 Å². The van der Waals surface area contributed by atoms with Gasteiger partial charge in [-0.15, -0.1) is 0 Å². The van der Waals surface area contributed by atoms with Crippen molar-refractivity contribution < 1.29 is 4.79 Å². The molecule has 0 radical (unpaired) electrons. The Hall–Kier alpha value is -1.31. The van der Waals surface area contributed by atoms with Crippen LogP contribution in [0.4, 0.5) is 0 Å². The van der Waals surface area contributed by atoms with Gasteiger partial charge in [0.05, 0.1) is 0 Å². The van der Waals surface area contributed by atoms with E-state index in [4.69, 9.17) is 0 Å². The van der Waals surface area contributed by atoms with Crippen LogP contribution < -0.4 is 0 Å². The fraction of sp³-hybridized carbons (Fsp3) is 0.500. The van der Waals surface area contributed by atoms with Crippen molar-refractivity contribution in [2.75, 3.05) is 6.54 Å². The lowest BCUT2D eigenvalue weighted by atomic mass is 10.1. The number of amides is 1. The third-order valence-electron chi connectivity index (χ3n) is 3.74. The third-order valence-corrected chi connectivity index (χ3v) is 3.74. The van der Waals surface area contributed by atoms with Gasteiger partial charge in [0.2, 0.25) is 5.91 Å². The summed E-state index contributed by atoms with van der Waals surface area (Å²) in [4.78, 5) is 13.7. The van der Waals surface area contributed by atoms with Gasteiger partial charge in [-0.2, -0.15) is 0 Å². The number of nitrogens with zero attached hydrogens (tertiary/aromatic N) is 1. The molecule has 0 N–H and O–H groups in total. The maximum Gasteiger partial charge on any atom is 0.222 e. The van der Waals surface area contributed by atoms with Crippen LogP contribution in [0.5, 0.6) is 0 Å². The van der Waals surface area contributed by atoms with E-state index in [1.54, 1.807) is 0 Å². The van der Waals surface area contributed by atoms with Crippen LogP contribution in [0.2, 0.25) is 0 Å². The lowest BCUT2D eigenvalue weighted by Crippen LogP contribution is -2.28. The number of benzene rings is 1. The van der Waals surface area contributed by atoms with E-state index >= 15 is 0 Å². The molecule has 16 heavy (non-hydrogen) atoms. The largest absolute Gasteiger partial charge is 0.339 e. The van der Waals surface area contributed by atoms with E-state index in [-0.39, 0.29) is 0 Å². The second-order valence-corrected chi connectivity index (χ2v) is 4.94. The molecule has 2 atom stereocenters. The first kappa shape index (κ1) is 9.88. The van der Waals surface area contributed by atoms with Gasteiger partial charge in [-0.1, -0.05) is 30.3 Å². The number of carbonyl (C=O) groups is 1. The summed E-state index contributed by atoms with van der Waals surface area (Å²) in [7, 11) is 0. The number of hydrogen-bond acceptors (Lipinski definition) is 1. The van der Waals surface area contributed by atoms with Crippen LogP contribution in [-0.2, 0) is 11.2 Å². The van der Waals surface area contributed by atoms with Crippen molar-refractivity contribution in [1.82, 2.24) is 4.90 Å². The summed E-state index contributed by atoms with van der Waals surface area (Å²) in [5.41, 5.74) is 1.40. The molecule has 0 aromatic heterocycles. The van der Waals surface area contributed by atoms with Gasteiger partial charge in [0.15, 0.2) is 0 Å². The van der Waals surface area contributed by atoms with Crippen LogP contribution in [0.1, 0.15) is 24.8 Å². The molecule has 84 valence electrons. The molecule has 1 saturated carbocycles. The van der Waals surface area contributed by atoms with E-state index in [9.17, 15) is 4.79 Å². The molecular formula is C14H17NO. The van der Waals surface area contributed by atoms with E-state index < -0.39 is 0 Å². The molecule has 1 aromatic rings. The normalized spacial score (nSPS) is 28.5. The molecule has 2 fully saturated rings. The average molecular weight is 215 g/mol. The smallest absolute Gasteiger partial charge is 0.222 e. The Morgan fingerprint density at radius 1 is 1.25 bits per heavy atom. The van der Waals surface area contributed by atoms with Crippen LogP contribution in [0, 0.1) is 5.92 Å². The summed E-state index contributed by atoms with van der Waals surface area (Å²) in [6.45, 7) is 0.995. The Balaban J connectivity index is 1.58. The molecule has 1 aliphatic carbocycles. The highest BCUT2D eigenvalue weighted by Crippen LogP contribution is 2.40. The average Bonchev–Trinajstić information content (AvgIpc) is 2.92. The SMILES string of the molecule is O=C1CCCN1C1C[C@H]1Cc1ccccc1. The fourth-order valence-corrected chi connectivity index (χ4v) is 2.77. The second kappa shape index (κ2) is 3.93. The van der Waals surface area contributed by atoms with Gasteiger partial charge in [0.25, 0.3) is 0 Å². The monoisotopic (exact) mass is 215 g/mol. The molecule has 1 unspecified atom stereocenters. The summed E-state index contributed by atoms with van der Waals surface area (Å²) in [6.07, 6.45) is 4.18. The van der Waals surface area contributed by atoms with Crippen LogP contribution >= 0.6 is 0 Å². The molecule has 1 saturated heterocycles. The second-order valence-electron chi connectivity index (χ2n) is 4.94. The molecule has 2 aliphatic rings. The van der Waals surface area contributed by atoms with E-state index in [0.717, 1.165) is 25.8 Å². The number of carbonyl (C=O) groups excluding carboxylic acids is 1. The molecule has 1 heterocycles. The maximum absolute atomic E-state index is 11.6. The fourth-order valence-electron chi connectivity index (χ4n) is 2.77. The topological polar surface area (TPSA) is 20.3 Å². The molecule has 0 bridgehead atoms.